The van der Waals surface area contributed by atoms with Crippen molar-refractivity contribution in [2.75, 3.05) is 6.54 Å². The maximum atomic E-state index is 13.0. The van der Waals surface area contributed by atoms with Crippen molar-refractivity contribution in [1.82, 2.24) is 5.32 Å². The quantitative estimate of drug-likeness (QED) is 0.828. The van der Waals surface area contributed by atoms with Crippen LogP contribution in [0.4, 0.5) is 0 Å². The minimum Gasteiger partial charge on any atom is -0.351 e. The molecule has 0 radical (unpaired) electrons. The monoisotopic (exact) mass is 276 g/mol. The van der Waals surface area contributed by atoms with Gasteiger partial charge in [0.15, 0.2) is 0 Å². The van der Waals surface area contributed by atoms with Gasteiger partial charge in [-0.1, -0.05) is 6.92 Å². The molecule has 4 bridgehead atoms. The van der Waals surface area contributed by atoms with Gasteiger partial charge in [0, 0.05) is 12.6 Å². The second-order valence-corrected chi connectivity index (χ2v) is 8.71. The van der Waals surface area contributed by atoms with Crippen LogP contribution in [0.5, 0.6) is 0 Å². The summed E-state index contributed by atoms with van der Waals surface area (Å²) >= 11 is 0. The zero-order valence-electron chi connectivity index (χ0n) is 12.7. The number of hydrogen-bond acceptors (Lipinski definition) is 2. The fourth-order valence-corrected chi connectivity index (χ4v) is 6.18. The van der Waals surface area contributed by atoms with Gasteiger partial charge in [0.2, 0.25) is 5.91 Å². The first-order valence-electron chi connectivity index (χ1n) is 8.53. The summed E-state index contributed by atoms with van der Waals surface area (Å²) in [5.74, 6) is 2.63. The summed E-state index contributed by atoms with van der Waals surface area (Å²) in [7, 11) is 0. The average molecular weight is 276 g/mol. The summed E-state index contributed by atoms with van der Waals surface area (Å²) in [4.78, 5) is 13.0. The molecular weight excluding hydrogens is 248 g/mol. The SMILES string of the molecule is CC12CC3CC(C1)CC(C(=O)NC(CN)C1CC1)(C3)C2. The molecule has 112 valence electrons. The van der Waals surface area contributed by atoms with Crippen LogP contribution in [0, 0.1) is 28.6 Å². The fraction of sp³-hybridized carbons (Fsp3) is 0.941. The smallest absolute Gasteiger partial charge is 0.226 e. The van der Waals surface area contributed by atoms with Crippen LogP contribution in [0.1, 0.15) is 58.3 Å². The van der Waals surface area contributed by atoms with Gasteiger partial charge in [0.1, 0.15) is 0 Å². The summed E-state index contributed by atoms with van der Waals surface area (Å²) in [6.07, 6.45) is 10.0. The number of hydrogen-bond donors (Lipinski definition) is 2. The molecule has 0 aliphatic heterocycles. The van der Waals surface area contributed by atoms with Crippen molar-refractivity contribution >= 4 is 5.91 Å². The molecule has 0 aromatic heterocycles. The Balaban J connectivity index is 1.53. The van der Waals surface area contributed by atoms with E-state index in [4.69, 9.17) is 5.73 Å². The Kier molecular flexibility index (Phi) is 2.77. The van der Waals surface area contributed by atoms with E-state index in [2.05, 4.69) is 12.2 Å². The Hall–Kier alpha value is -0.570. The zero-order chi connectivity index (χ0) is 14.0. The average Bonchev–Trinajstić information content (AvgIpc) is 3.16. The van der Waals surface area contributed by atoms with Crippen molar-refractivity contribution in [3.63, 3.8) is 0 Å². The van der Waals surface area contributed by atoms with Crippen molar-refractivity contribution in [3.05, 3.63) is 0 Å². The van der Waals surface area contributed by atoms with Gasteiger partial charge in [-0.3, -0.25) is 4.79 Å². The molecule has 20 heavy (non-hydrogen) atoms. The van der Waals surface area contributed by atoms with Gasteiger partial charge >= 0.3 is 0 Å². The van der Waals surface area contributed by atoms with Crippen LogP contribution in [-0.2, 0) is 4.79 Å². The first-order chi connectivity index (χ1) is 9.52. The van der Waals surface area contributed by atoms with E-state index in [-0.39, 0.29) is 11.5 Å². The van der Waals surface area contributed by atoms with Gasteiger partial charge < -0.3 is 11.1 Å². The second-order valence-electron chi connectivity index (χ2n) is 8.71. The summed E-state index contributed by atoms with van der Waals surface area (Å²) in [5, 5.41) is 3.34. The van der Waals surface area contributed by atoms with E-state index in [0.717, 1.165) is 31.1 Å². The highest BCUT2D eigenvalue weighted by molar-refractivity contribution is 5.83. The normalized spacial score (nSPS) is 47.3. The lowest BCUT2D eigenvalue weighted by atomic mass is 9.44. The molecule has 1 amide bonds. The molecule has 3 unspecified atom stereocenters. The van der Waals surface area contributed by atoms with Crippen LogP contribution in [0.3, 0.4) is 0 Å². The molecule has 5 saturated carbocycles. The molecular formula is C17H28N2O. The number of nitrogens with two attached hydrogens (primary N) is 1. The Morgan fingerprint density at radius 3 is 2.40 bits per heavy atom. The summed E-state index contributed by atoms with van der Waals surface area (Å²) in [6.45, 7) is 3.03. The van der Waals surface area contributed by atoms with Gasteiger partial charge in [-0.2, -0.15) is 0 Å². The Bertz CT molecular complexity index is 415. The molecule has 3 N–H and O–H groups in total. The van der Waals surface area contributed by atoms with Crippen molar-refractivity contribution in [2.24, 2.45) is 34.3 Å². The van der Waals surface area contributed by atoms with E-state index in [1.54, 1.807) is 0 Å². The lowest BCUT2D eigenvalue weighted by molar-refractivity contribution is -0.156. The highest BCUT2D eigenvalue weighted by Gasteiger charge is 2.59. The van der Waals surface area contributed by atoms with E-state index < -0.39 is 0 Å². The third-order valence-electron chi connectivity index (χ3n) is 6.60. The van der Waals surface area contributed by atoms with E-state index in [9.17, 15) is 4.79 Å². The molecule has 0 aromatic rings. The van der Waals surface area contributed by atoms with Gasteiger partial charge in [-0.25, -0.2) is 0 Å². The van der Waals surface area contributed by atoms with Gasteiger partial charge in [-0.15, -0.1) is 0 Å². The Morgan fingerprint density at radius 1 is 1.25 bits per heavy atom. The van der Waals surface area contributed by atoms with Crippen molar-refractivity contribution in [2.45, 2.75) is 64.3 Å². The minimum absolute atomic E-state index is 0.0405. The van der Waals surface area contributed by atoms with Crippen molar-refractivity contribution in [3.8, 4) is 0 Å². The van der Waals surface area contributed by atoms with E-state index >= 15 is 0 Å². The third kappa shape index (κ3) is 2.01. The molecule has 3 atom stereocenters. The first-order valence-corrected chi connectivity index (χ1v) is 8.53. The van der Waals surface area contributed by atoms with Gasteiger partial charge in [-0.05, 0) is 74.5 Å². The molecule has 0 aromatic carbocycles. The van der Waals surface area contributed by atoms with Crippen molar-refractivity contribution < 1.29 is 4.79 Å². The topological polar surface area (TPSA) is 55.1 Å². The number of nitrogens with one attached hydrogen (secondary N) is 1. The van der Waals surface area contributed by atoms with Crippen molar-refractivity contribution in [1.29, 1.82) is 0 Å². The summed E-state index contributed by atoms with van der Waals surface area (Å²) in [6, 6.07) is 0.239. The molecule has 0 saturated heterocycles. The van der Waals surface area contributed by atoms with E-state index in [0.29, 0.717) is 23.8 Å². The van der Waals surface area contributed by atoms with Crippen LogP contribution >= 0.6 is 0 Å². The van der Waals surface area contributed by atoms with Crippen LogP contribution in [0.2, 0.25) is 0 Å². The zero-order valence-corrected chi connectivity index (χ0v) is 12.7. The summed E-state index contributed by atoms with van der Waals surface area (Å²) < 4.78 is 0. The number of carbonyl (C=O) groups is 1. The maximum absolute atomic E-state index is 13.0. The first kappa shape index (κ1) is 13.1. The van der Waals surface area contributed by atoms with Crippen LogP contribution < -0.4 is 11.1 Å². The molecule has 5 aliphatic carbocycles. The fourth-order valence-electron chi connectivity index (χ4n) is 6.18. The lowest BCUT2D eigenvalue weighted by Gasteiger charge is -2.60. The molecule has 3 nitrogen and oxygen atoms in total. The molecule has 0 spiro atoms. The van der Waals surface area contributed by atoms with Crippen LogP contribution in [-0.4, -0.2) is 18.5 Å². The standard InChI is InChI=1S/C17H28N2O/c1-16-5-11-4-12(6-16)8-17(7-11,10-16)15(20)19-14(9-18)13-2-3-13/h11-14H,2-10,18H2,1H3,(H,19,20). The summed E-state index contributed by atoms with van der Waals surface area (Å²) in [5.41, 5.74) is 6.27. The Morgan fingerprint density at radius 2 is 1.90 bits per heavy atom. The predicted molar refractivity (Wildman–Crippen MR) is 78.9 cm³/mol. The second kappa shape index (κ2) is 4.22. The van der Waals surface area contributed by atoms with E-state index in [1.807, 2.05) is 0 Å². The van der Waals surface area contributed by atoms with Crippen LogP contribution in [0.25, 0.3) is 0 Å². The third-order valence-corrected chi connectivity index (χ3v) is 6.60. The molecule has 3 heteroatoms. The Labute approximate surface area is 122 Å². The largest absolute Gasteiger partial charge is 0.351 e. The lowest BCUT2D eigenvalue weighted by Crippen LogP contribution is -2.58. The predicted octanol–water partition coefficient (Wildman–Crippen LogP) is 2.45. The minimum atomic E-state index is -0.0405. The number of carbonyl (C=O) groups excluding carboxylic acids is 1. The van der Waals surface area contributed by atoms with Gasteiger partial charge in [0.05, 0.1) is 5.41 Å². The number of amides is 1. The molecule has 0 heterocycles. The molecule has 5 aliphatic rings. The highest BCUT2D eigenvalue weighted by atomic mass is 16.2. The van der Waals surface area contributed by atoms with Crippen LogP contribution in [0.15, 0.2) is 0 Å². The highest BCUT2D eigenvalue weighted by Crippen LogP contribution is 2.65. The number of rotatable bonds is 4. The van der Waals surface area contributed by atoms with E-state index in [1.165, 1.54) is 32.1 Å². The molecule has 5 rings (SSSR count). The van der Waals surface area contributed by atoms with Gasteiger partial charge in [0.25, 0.3) is 0 Å². The maximum Gasteiger partial charge on any atom is 0.226 e. The molecule has 5 fully saturated rings.